The maximum atomic E-state index is 13.0. The molecule has 0 aromatic heterocycles. The molecule has 130 valence electrons. The van der Waals surface area contributed by atoms with E-state index in [9.17, 15) is 14.0 Å². The molecule has 0 spiro atoms. The Morgan fingerprint density at radius 3 is 2.64 bits per heavy atom. The SMILES string of the molecule is O=C(COc1ccccc1)NCC1CN(c2ccc(F)cc2)C(=O)O1. The first kappa shape index (κ1) is 16.8. The van der Waals surface area contributed by atoms with E-state index in [2.05, 4.69) is 5.32 Å². The van der Waals surface area contributed by atoms with Gasteiger partial charge in [-0.15, -0.1) is 0 Å². The van der Waals surface area contributed by atoms with Gasteiger partial charge >= 0.3 is 6.09 Å². The van der Waals surface area contributed by atoms with Crippen LogP contribution in [0.4, 0.5) is 14.9 Å². The van der Waals surface area contributed by atoms with Crippen LogP contribution in [0.3, 0.4) is 0 Å². The minimum absolute atomic E-state index is 0.119. The van der Waals surface area contributed by atoms with Crippen LogP contribution in [0.1, 0.15) is 0 Å². The normalized spacial score (nSPS) is 16.4. The summed E-state index contributed by atoms with van der Waals surface area (Å²) >= 11 is 0. The molecule has 1 atom stereocenters. The fourth-order valence-electron chi connectivity index (χ4n) is 2.40. The Morgan fingerprint density at radius 1 is 1.20 bits per heavy atom. The Balaban J connectivity index is 1.45. The van der Waals surface area contributed by atoms with E-state index in [1.54, 1.807) is 12.1 Å². The Morgan fingerprint density at radius 2 is 1.92 bits per heavy atom. The van der Waals surface area contributed by atoms with E-state index in [1.807, 2.05) is 18.2 Å². The molecule has 2 aromatic carbocycles. The number of nitrogens with one attached hydrogen (secondary N) is 1. The summed E-state index contributed by atoms with van der Waals surface area (Å²) in [5, 5.41) is 2.67. The van der Waals surface area contributed by atoms with Crippen molar-refractivity contribution in [1.29, 1.82) is 0 Å². The molecule has 2 amide bonds. The van der Waals surface area contributed by atoms with E-state index >= 15 is 0 Å². The number of rotatable bonds is 6. The van der Waals surface area contributed by atoms with Crippen molar-refractivity contribution in [3.05, 3.63) is 60.4 Å². The van der Waals surface area contributed by atoms with Crippen molar-refractivity contribution in [2.24, 2.45) is 0 Å². The summed E-state index contributed by atoms with van der Waals surface area (Å²) < 4.78 is 23.5. The van der Waals surface area contributed by atoms with E-state index in [4.69, 9.17) is 9.47 Å². The second kappa shape index (κ2) is 7.65. The molecule has 2 aromatic rings. The minimum atomic E-state index is -0.522. The zero-order valence-electron chi connectivity index (χ0n) is 13.4. The summed E-state index contributed by atoms with van der Waals surface area (Å²) in [4.78, 5) is 25.1. The predicted octanol–water partition coefficient (Wildman–Crippen LogP) is 2.35. The lowest BCUT2D eigenvalue weighted by Gasteiger charge is -2.13. The maximum absolute atomic E-state index is 13.0. The van der Waals surface area contributed by atoms with Crippen LogP contribution < -0.4 is 15.0 Å². The van der Waals surface area contributed by atoms with Crippen molar-refractivity contribution in [3.63, 3.8) is 0 Å². The maximum Gasteiger partial charge on any atom is 0.414 e. The van der Waals surface area contributed by atoms with Crippen LogP contribution >= 0.6 is 0 Å². The highest BCUT2D eigenvalue weighted by Gasteiger charge is 2.32. The zero-order chi connectivity index (χ0) is 17.6. The van der Waals surface area contributed by atoms with Gasteiger partial charge in [0, 0.05) is 5.69 Å². The van der Waals surface area contributed by atoms with Crippen molar-refractivity contribution in [3.8, 4) is 5.75 Å². The molecular formula is C18H17FN2O4. The standard InChI is InChI=1S/C18H17FN2O4/c19-13-6-8-14(9-7-13)21-11-16(25-18(21)23)10-20-17(22)12-24-15-4-2-1-3-5-15/h1-9,16H,10-12H2,(H,20,22). The van der Waals surface area contributed by atoms with Crippen LogP contribution in [-0.2, 0) is 9.53 Å². The fraction of sp³-hybridized carbons (Fsp3) is 0.222. The highest BCUT2D eigenvalue weighted by atomic mass is 19.1. The average Bonchev–Trinajstić information content (AvgIpc) is 3.00. The number of amides is 2. The molecule has 1 heterocycles. The molecule has 25 heavy (non-hydrogen) atoms. The number of anilines is 1. The summed E-state index contributed by atoms with van der Waals surface area (Å²) in [6, 6.07) is 14.6. The Labute approximate surface area is 144 Å². The van der Waals surface area contributed by atoms with Gasteiger partial charge in [0.05, 0.1) is 13.1 Å². The van der Waals surface area contributed by atoms with Gasteiger partial charge in [-0.05, 0) is 36.4 Å². The van der Waals surface area contributed by atoms with Crippen LogP contribution in [0.15, 0.2) is 54.6 Å². The Bertz CT molecular complexity index is 737. The van der Waals surface area contributed by atoms with E-state index in [0.29, 0.717) is 11.4 Å². The topological polar surface area (TPSA) is 67.9 Å². The molecular weight excluding hydrogens is 327 g/mol. The van der Waals surface area contributed by atoms with Crippen molar-refractivity contribution in [1.82, 2.24) is 5.32 Å². The number of cyclic esters (lactones) is 1. The van der Waals surface area contributed by atoms with E-state index < -0.39 is 12.2 Å². The minimum Gasteiger partial charge on any atom is -0.484 e. The molecule has 3 rings (SSSR count). The number of carbonyl (C=O) groups excluding carboxylic acids is 2. The number of benzene rings is 2. The zero-order valence-corrected chi connectivity index (χ0v) is 13.4. The number of carbonyl (C=O) groups is 2. The average molecular weight is 344 g/mol. The van der Waals surface area contributed by atoms with Gasteiger partial charge in [0.1, 0.15) is 17.7 Å². The molecule has 1 fully saturated rings. The lowest BCUT2D eigenvalue weighted by atomic mass is 10.2. The van der Waals surface area contributed by atoms with Crippen LogP contribution in [0.2, 0.25) is 0 Å². The van der Waals surface area contributed by atoms with Crippen molar-refractivity contribution < 1.29 is 23.5 Å². The first-order valence-electron chi connectivity index (χ1n) is 7.80. The summed E-state index contributed by atoms with van der Waals surface area (Å²) in [5.74, 6) is -0.0777. The molecule has 1 aliphatic heterocycles. The lowest BCUT2D eigenvalue weighted by molar-refractivity contribution is -0.123. The highest BCUT2D eigenvalue weighted by Crippen LogP contribution is 2.21. The van der Waals surface area contributed by atoms with E-state index in [-0.39, 0.29) is 31.4 Å². The summed E-state index contributed by atoms with van der Waals surface area (Å²) in [6.45, 7) is 0.344. The van der Waals surface area contributed by atoms with Crippen molar-refractivity contribution in [2.75, 3.05) is 24.6 Å². The van der Waals surface area contributed by atoms with Crippen molar-refractivity contribution in [2.45, 2.75) is 6.10 Å². The highest BCUT2D eigenvalue weighted by molar-refractivity contribution is 5.89. The number of para-hydroxylation sites is 1. The van der Waals surface area contributed by atoms with Gasteiger partial charge in [0.15, 0.2) is 6.61 Å². The van der Waals surface area contributed by atoms with Gasteiger partial charge in [-0.3, -0.25) is 9.69 Å². The van der Waals surface area contributed by atoms with E-state index in [1.165, 1.54) is 29.2 Å². The fourth-order valence-corrected chi connectivity index (χ4v) is 2.40. The molecule has 0 bridgehead atoms. The smallest absolute Gasteiger partial charge is 0.414 e. The summed E-state index contributed by atoms with van der Waals surface area (Å²) in [7, 11) is 0. The van der Waals surface area contributed by atoms with Gasteiger partial charge in [-0.25, -0.2) is 9.18 Å². The van der Waals surface area contributed by atoms with Gasteiger partial charge < -0.3 is 14.8 Å². The number of ether oxygens (including phenoxy) is 2. The summed E-state index contributed by atoms with van der Waals surface area (Å²) in [5.41, 5.74) is 0.549. The number of hydrogen-bond donors (Lipinski definition) is 1. The van der Waals surface area contributed by atoms with Crippen molar-refractivity contribution >= 4 is 17.7 Å². The molecule has 1 N–H and O–H groups in total. The van der Waals surface area contributed by atoms with Crippen LogP contribution in [0.25, 0.3) is 0 Å². The first-order valence-corrected chi connectivity index (χ1v) is 7.80. The molecule has 6 nitrogen and oxygen atoms in total. The van der Waals surface area contributed by atoms with Gasteiger partial charge in [0.2, 0.25) is 0 Å². The predicted molar refractivity (Wildman–Crippen MR) is 89.0 cm³/mol. The number of nitrogens with zero attached hydrogens (tertiary/aromatic N) is 1. The molecule has 1 aliphatic rings. The lowest BCUT2D eigenvalue weighted by Crippen LogP contribution is -2.37. The third kappa shape index (κ3) is 4.47. The Hall–Kier alpha value is -3.09. The Kier molecular flexibility index (Phi) is 5.13. The number of hydrogen-bond acceptors (Lipinski definition) is 4. The third-order valence-electron chi connectivity index (χ3n) is 3.65. The molecule has 1 saturated heterocycles. The molecule has 0 aliphatic carbocycles. The van der Waals surface area contributed by atoms with Gasteiger partial charge in [-0.2, -0.15) is 0 Å². The first-order chi connectivity index (χ1) is 12.1. The largest absolute Gasteiger partial charge is 0.484 e. The molecule has 7 heteroatoms. The monoisotopic (exact) mass is 344 g/mol. The third-order valence-corrected chi connectivity index (χ3v) is 3.65. The second-order valence-electron chi connectivity index (χ2n) is 5.50. The van der Waals surface area contributed by atoms with E-state index in [0.717, 1.165) is 0 Å². The van der Waals surface area contributed by atoms with Gasteiger partial charge in [-0.1, -0.05) is 18.2 Å². The molecule has 0 saturated carbocycles. The molecule has 1 unspecified atom stereocenters. The summed E-state index contributed by atoms with van der Waals surface area (Å²) in [6.07, 6.45) is -0.996. The second-order valence-corrected chi connectivity index (χ2v) is 5.50. The van der Waals surface area contributed by atoms with Crippen LogP contribution in [-0.4, -0.2) is 37.8 Å². The number of halogens is 1. The van der Waals surface area contributed by atoms with Gasteiger partial charge in [0.25, 0.3) is 5.91 Å². The molecule has 0 radical (unpaired) electrons. The quantitative estimate of drug-likeness (QED) is 0.873. The van der Waals surface area contributed by atoms with Crippen LogP contribution in [0, 0.1) is 5.82 Å². The van der Waals surface area contributed by atoms with Crippen LogP contribution in [0.5, 0.6) is 5.75 Å².